The summed E-state index contributed by atoms with van der Waals surface area (Å²) in [4.78, 5) is 7.67. The summed E-state index contributed by atoms with van der Waals surface area (Å²) in [5.74, 6) is 0. The van der Waals surface area contributed by atoms with Crippen molar-refractivity contribution in [2.75, 3.05) is 13.1 Å². The minimum absolute atomic E-state index is 0.261. The minimum atomic E-state index is -3.37. The zero-order valence-corrected chi connectivity index (χ0v) is 14.4. The molecule has 1 atom stereocenters. The average Bonchev–Trinajstić information content (AvgIpc) is 3.03. The van der Waals surface area contributed by atoms with Crippen LogP contribution in [-0.2, 0) is 16.4 Å². The van der Waals surface area contributed by atoms with Crippen molar-refractivity contribution >= 4 is 26.6 Å². The number of pyridine rings is 1. The van der Waals surface area contributed by atoms with Gasteiger partial charge >= 0.3 is 0 Å². The van der Waals surface area contributed by atoms with Gasteiger partial charge < -0.3 is 10.7 Å². The van der Waals surface area contributed by atoms with E-state index >= 15 is 0 Å². The summed E-state index contributed by atoms with van der Waals surface area (Å²) in [6, 6.07) is 4.07. The molecule has 3 rings (SSSR count). The molecular weight excluding hydrogens is 324 g/mol. The molecule has 0 spiro atoms. The molecule has 6 nitrogen and oxygen atoms in total. The van der Waals surface area contributed by atoms with E-state index in [4.69, 9.17) is 5.73 Å². The van der Waals surface area contributed by atoms with E-state index in [2.05, 4.69) is 27.7 Å². The van der Waals surface area contributed by atoms with Crippen molar-refractivity contribution in [3.05, 3.63) is 47.8 Å². The smallest absolute Gasteiger partial charge is 0.218 e. The fourth-order valence-corrected chi connectivity index (χ4v) is 4.11. The van der Waals surface area contributed by atoms with Crippen molar-refractivity contribution in [1.82, 2.24) is 14.7 Å². The molecule has 0 aromatic carbocycles. The third kappa shape index (κ3) is 3.28. The monoisotopic (exact) mass is 346 g/mol. The number of aromatic amines is 1. The van der Waals surface area contributed by atoms with Gasteiger partial charge in [-0.15, -0.1) is 0 Å². The lowest BCUT2D eigenvalue weighted by atomic mass is 9.98. The first kappa shape index (κ1) is 16.9. The Morgan fingerprint density at radius 1 is 1.46 bits per heavy atom. The maximum absolute atomic E-state index is 12.2. The van der Waals surface area contributed by atoms with Gasteiger partial charge in [0.2, 0.25) is 10.0 Å². The molecule has 0 saturated carbocycles. The zero-order chi connectivity index (χ0) is 17.2. The zero-order valence-electron chi connectivity index (χ0n) is 13.6. The summed E-state index contributed by atoms with van der Waals surface area (Å²) in [6.07, 6.45) is 8.73. The number of fused-ring (bicyclic) bond motifs is 1. The maximum atomic E-state index is 12.2. The lowest BCUT2D eigenvalue weighted by Gasteiger charge is -2.17. The number of H-pyrrole nitrogens is 1. The summed E-state index contributed by atoms with van der Waals surface area (Å²) in [7, 11) is -3.37. The summed E-state index contributed by atoms with van der Waals surface area (Å²) in [5.41, 5.74) is 9.45. The third-order valence-corrected chi connectivity index (χ3v) is 5.94. The Labute approximate surface area is 141 Å². The van der Waals surface area contributed by atoms with Crippen LogP contribution in [-0.4, -0.2) is 36.7 Å². The molecule has 2 heterocycles. The number of nitrogens with two attached hydrogens (primary N) is 1. The Balaban J connectivity index is 1.86. The van der Waals surface area contributed by atoms with Crippen LogP contribution in [0.2, 0.25) is 0 Å². The molecular formula is C17H22N4O2S. The SMILES string of the molecule is CCc1cc2c(C3=CCC(S(=O)(=O)NCCN)C=C3)ccnc2[nH]1. The van der Waals surface area contributed by atoms with Crippen LogP contribution in [0.1, 0.15) is 24.6 Å². The predicted octanol–water partition coefficient (Wildman–Crippen LogP) is 1.72. The van der Waals surface area contributed by atoms with Gasteiger partial charge in [-0.2, -0.15) is 0 Å². The Kier molecular flexibility index (Phi) is 4.84. The molecule has 2 aromatic heterocycles. The molecule has 0 aliphatic heterocycles. The van der Waals surface area contributed by atoms with Crippen molar-refractivity contribution in [2.24, 2.45) is 5.73 Å². The summed E-state index contributed by atoms with van der Waals surface area (Å²) in [5, 5.41) is 0.510. The molecule has 128 valence electrons. The van der Waals surface area contributed by atoms with Gasteiger partial charge in [0.15, 0.2) is 0 Å². The standard InChI is InChI=1S/C17H22N4O2S/c1-2-13-11-16-15(7-9-19-17(16)21-13)12-3-5-14(6-4-12)24(22,23)20-10-8-18/h3-5,7,9,11,14,20H,2,6,8,10,18H2,1H3,(H,19,21). The number of allylic oxidation sites excluding steroid dienone is 3. The van der Waals surface area contributed by atoms with Gasteiger partial charge in [-0.3, -0.25) is 0 Å². The maximum Gasteiger partial charge on any atom is 0.218 e. The van der Waals surface area contributed by atoms with Crippen LogP contribution in [0.4, 0.5) is 0 Å². The third-order valence-electron chi connectivity index (χ3n) is 4.19. The van der Waals surface area contributed by atoms with Gasteiger partial charge in [0.05, 0.1) is 5.25 Å². The van der Waals surface area contributed by atoms with E-state index in [-0.39, 0.29) is 6.54 Å². The molecule has 0 bridgehead atoms. The van der Waals surface area contributed by atoms with E-state index in [0.717, 1.165) is 34.3 Å². The molecule has 1 aliphatic carbocycles. The second kappa shape index (κ2) is 6.88. The molecule has 7 heteroatoms. The van der Waals surface area contributed by atoms with Crippen LogP contribution in [0.25, 0.3) is 16.6 Å². The molecule has 0 radical (unpaired) electrons. The number of sulfonamides is 1. The molecule has 2 aromatic rings. The van der Waals surface area contributed by atoms with Gasteiger partial charge in [-0.1, -0.05) is 25.2 Å². The molecule has 24 heavy (non-hydrogen) atoms. The van der Waals surface area contributed by atoms with Crippen LogP contribution in [0.15, 0.2) is 36.6 Å². The van der Waals surface area contributed by atoms with Gasteiger partial charge in [0, 0.05) is 30.4 Å². The van der Waals surface area contributed by atoms with Crippen LogP contribution in [0.3, 0.4) is 0 Å². The van der Waals surface area contributed by atoms with Gasteiger partial charge in [-0.25, -0.2) is 18.1 Å². The lowest BCUT2D eigenvalue weighted by Crippen LogP contribution is -2.36. The first-order valence-corrected chi connectivity index (χ1v) is 9.63. The number of hydrogen-bond acceptors (Lipinski definition) is 4. The topological polar surface area (TPSA) is 101 Å². The second-order valence-corrected chi connectivity index (χ2v) is 7.77. The number of hydrogen-bond donors (Lipinski definition) is 3. The number of aryl methyl sites for hydroxylation is 1. The molecule has 0 fully saturated rings. The Hall–Kier alpha value is -1.96. The van der Waals surface area contributed by atoms with Crippen molar-refractivity contribution in [3.63, 3.8) is 0 Å². The fraction of sp³-hybridized carbons (Fsp3) is 0.353. The van der Waals surface area contributed by atoms with Crippen molar-refractivity contribution < 1.29 is 8.42 Å². The highest BCUT2D eigenvalue weighted by Crippen LogP contribution is 2.29. The van der Waals surface area contributed by atoms with Crippen LogP contribution < -0.4 is 10.5 Å². The first-order chi connectivity index (χ1) is 11.5. The van der Waals surface area contributed by atoms with E-state index in [1.807, 2.05) is 18.2 Å². The fourth-order valence-electron chi connectivity index (χ4n) is 2.86. The van der Waals surface area contributed by atoms with Crippen LogP contribution in [0.5, 0.6) is 0 Å². The highest BCUT2D eigenvalue weighted by Gasteiger charge is 2.24. The summed E-state index contributed by atoms with van der Waals surface area (Å²) in [6.45, 7) is 2.64. The van der Waals surface area contributed by atoms with Crippen molar-refractivity contribution in [1.29, 1.82) is 0 Å². The largest absolute Gasteiger partial charge is 0.343 e. The molecule has 0 saturated heterocycles. The molecule has 1 unspecified atom stereocenters. The minimum Gasteiger partial charge on any atom is -0.343 e. The summed E-state index contributed by atoms with van der Waals surface area (Å²) < 4.78 is 26.9. The number of aromatic nitrogens is 2. The normalized spacial score (nSPS) is 18.1. The summed E-state index contributed by atoms with van der Waals surface area (Å²) >= 11 is 0. The van der Waals surface area contributed by atoms with Crippen LogP contribution >= 0.6 is 0 Å². The van der Waals surface area contributed by atoms with Crippen molar-refractivity contribution in [3.8, 4) is 0 Å². The second-order valence-electron chi connectivity index (χ2n) is 5.79. The highest BCUT2D eigenvalue weighted by molar-refractivity contribution is 7.90. The van der Waals surface area contributed by atoms with E-state index < -0.39 is 15.3 Å². The van der Waals surface area contributed by atoms with Gasteiger partial charge in [0.25, 0.3) is 0 Å². The quantitative estimate of drug-likeness (QED) is 0.741. The van der Waals surface area contributed by atoms with Crippen LogP contribution in [0, 0.1) is 0 Å². The van der Waals surface area contributed by atoms with E-state index in [1.54, 1.807) is 12.3 Å². The predicted molar refractivity (Wildman–Crippen MR) is 97.0 cm³/mol. The van der Waals surface area contributed by atoms with E-state index in [0.29, 0.717) is 13.0 Å². The van der Waals surface area contributed by atoms with E-state index in [9.17, 15) is 8.42 Å². The number of nitrogens with zero attached hydrogens (tertiary/aromatic N) is 1. The van der Waals surface area contributed by atoms with Gasteiger partial charge in [0.1, 0.15) is 5.65 Å². The molecule has 4 N–H and O–H groups in total. The Bertz CT molecular complexity index is 896. The average molecular weight is 346 g/mol. The first-order valence-electron chi connectivity index (χ1n) is 8.09. The Morgan fingerprint density at radius 3 is 2.96 bits per heavy atom. The number of rotatable bonds is 6. The van der Waals surface area contributed by atoms with Gasteiger partial charge in [-0.05, 0) is 36.1 Å². The Morgan fingerprint density at radius 2 is 2.29 bits per heavy atom. The molecule has 0 amide bonds. The number of nitrogens with one attached hydrogen (secondary N) is 2. The van der Waals surface area contributed by atoms with E-state index in [1.165, 1.54) is 0 Å². The molecule has 1 aliphatic rings. The van der Waals surface area contributed by atoms with Crippen molar-refractivity contribution in [2.45, 2.75) is 25.0 Å². The highest BCUT2D eigenvalue weighted by atomic mass is 32.2. The lowest BCUT2D eigenvalue weighted by molar-refractivity contribution is 0.574.